The van der Waals surface area contributed by atoms with Crippen molar-refractivity contribution in [1.82, 2.24) is 0 Å². The van der Waals surface area contributed by atoms with Crippen LogP contribution in [0, 0.1) is 0 Å². The van der Waals surface area contributed by atoms with Crippen LogP contribution >= 0.6 is 10.0 Å². The van der Waals surface area contributed by atoms with Crippen molar-refractivity contribution in [2.75, 3.05) is 5.75 Å². The molecule has 0 saturated heterocycles. The predicted octanol–water partition coefficient (Wildman–Crippen LogP) is 4.43. The first-order chi connectivity index (χ1) is 5.89. The van der Waals surface area contributed by atoms with Gasteiger partial charge in [0.1, 0.15) is 0 Å². The second-order valence-electron chi connectivity index (χ2n) is 4.76. The monoisotopic (exact) mass is 204 g/mol. The third-order valence-corrected chi connectivity index (χ3v) is 9.57. The van der Waals surface area contributed by atoms with Crippen LogP contribution in [0.15, 0.2) is 0 Å². The van der Waals surface area contributed by atoms with Crippen molar-refractivity contribution in [2.24, 2.45) is 0 Å². The molecule has 0 N–H and O–H groups in total. The Kier molecular flexibility index (Phi) is 5.43. The molecular formula is C12H28S. The summed E-state index contributed by atoms with van der Waals surface area (Å²) in [5, 5.41) is 2.65. The lowest BCUT2D eigenvalue weighted by atomic mass is 10.5. The maximum atomic E-state index is 2.42. The summed E-state index contributed by atoms with van der Waals surface area (Å²) in [7, 11) is -0.396. The summed E-state index contributed by atoms with van der Waals surface area (Å²) in [6, 6.07) is 0. The average molecular weight is 204 g/mol. The van der Waals surface area contributed by atoms with Gasteiger partial charge in [0.15, 0.2) is 0 Å². The van der Waals surface area contributed by atoms with Gasteiger partial charge < -0.3 is 0 Å². The SMILES string of the molecule is CCCS(C(C)C)(C(C)C)C(C)C. The molecule has 0 aliphatic carbocycles. The molecule has 0 amide bonds. The van der Waals surface area contributed by atoms with Crippen molar-refractivity contribution < 1.29 is 0 Å². The smallest absolute Gasteiger partial charge is 0.0164 e. The van der Waals surface area contributed by atoms with E-state index in [1.165, 1.54) is 12.2 Å². The van der Waals surface area contributed by atoms with Gasteiger partial charge in [0.05, 0.1) is 0 Å². The van der Waals surface area contributed by atoms with Crippen LogP contribution in [0.2, 0.25) is 0 Å². The van der Waals surface area contributed by atoms with Gasteiger partial charge in [-0.25, -0.2) is 10.0 Å². The Morgan fingerprint density at radius 3 is 1.15 bits per heavy atom. The Morgan fingerprint density at radius 2 is 1.08 bits per heavy atom. The van der Waals surface area contributed by atoms with Gasteiger partial charge in [0, 0.05) is 0 Å². The number of hydrogen-bond donors (Lipinski definition) is 0. The van der Waals surface area contributed by atoms with Gasteiger partial charge in [-0.05, 0) is 27.9 Å². The Labute approximate surface area is 86.8 Å². The zero-order chi connectivity index (χ0) is 10.6. The van der Waals surface area contributed by atoms with Gasteiger partial charge in [0.25, 0.3) is 0 Å². The van der Waals surface area contributed by atoms with E-state index in [4.69, 9.17) is 0 Å². The Hall–Kier alpha value is 0.350. The molecule has 0 aromatic carbocycles. The fourth-order valence-corrected chi connectivity index (χ4v) is 8.08. The summed E-state index contributed by atoms with van der Waals surface area (Å²) in [5.74, 6) is 1.46. The lowest BCUT2D eigenvalue weighted by molar-refractivity contribution is 0.917. The largest absolute Gasteiger partial charge is 0.234 e. The van der Waals surface area contributed by atoms with Crippen LogP contribution in [0.1, 0.15) is 54.9 Å². The van der Waals surface area contributed by atoms with Crippen LogP contribution in [-0.4, -0.2) is 21.5 Å². The first kappa shape index (κ1) is 13.4. The van der Waals surface area contributed by atoms with Crippen molar-refractivity contribution in [3.63, 3.8) is 0 Å². The minimum atomic E-state index is -0.396. The highest BCUT2D eigenvalue weighted by molar-refractivity contribution is 8.35. The molecule has 82 valence electrons. The summed E-state index contributed by atoms with van der Waals surface area (Å²) >= 11 is 0. The third-order valence-electron chi connectivity index (χ3n) is 3.19. The molecule has 0 saturated carbocycles. The lowest BCUT2D eigenvalue weighted by Gasteiger charge is -2.51. The maximum Gasteiger partial charge on any atom is -0.0164 e. The molecule has 0 spiro atoms. The second-order valence-corrected chi connectivity index (χ2v) is 9.81. The zero-order valence-corrected chi connectivity index (χ0v) is 11.4. The zero-order valence-electron chi connectivity index (χ0n) is 10.6. The molecule has 0 fully saturated rings. The Morgan fingerprint density at radius 1 is 0.769 bits per heavy atom. The lowest BCUT2D eigenvalue weighted by Crippen LogP contribution is -2.30. The van der Waals surface area contributed by atoms with Crippen molar-refractivity contribution in [2.45, 2.75) is 70.6 Å². The van der Waals surface area contributed by atoms with Gasteiger partial charge in [-0.3, -0.25) is 0 Å². The molecule has 0 bridgehead atoms. The highest BCUT2D eigenvalue weighted by atomic mass is 32.3. The Bertz CT molecular complexity index is 114. The summed E-state index contributed by atoms with van der Waals surface area (Å²) < 4.78 is 0. The molecule has 0 heterocycles. The molecule has 0 nitrogen and oxygen atoms in total. The van der Waals surface area contributed by atoms with E-state index in [1.807, 2.05) is 0 Å². The molecule has 0 aromatic rings. The minimum Gasteiger partial charge on any atom is -0.234 e. The summed E-state index contributed by atoms with van der Waals surface area (Å²) in [6.07, 6.45) is 1.35. The van der Waals surface area contributed by atoms with E-state index in [1.54, 1.807) is 0 Å². The first-order valence-corrected chi connectivity index (χ1v) is 7.66. The fourth-order valence-electron chi connectivity index (χ4n) is 2.69. The molecule has 1 heteroatoms. The highest BCUT2D eigenvalue weighted by Crippen LogP contribution is 2.60. The minimum absolute atomic E-state index is 0.396. The Balaban J connectivity index is 4.82. The van der Waals surface area contributed by atoms with Crippen molar-refractivity contribution in [1.29, 1.82) is 0 Å². The topological polar surface area (TPSA) is 0 Å². The van der Waals surface area contributed by atoms with Crippen LogP contribution in [-0.2, 0) is 0 Å². The molecule has 0 aliphatic rings. The van der Waals surface area contributed by atoms with E-state index in [2.05, 4.69) is 48.5 Å². The molecule has 13 heavy (non-hydrogen) atoms. The molecule has 0 aromatic heterocycles. The number of rotatable bonds is 5. The van der Waals surface area contributed by atoms with E-state index < -0.39 is 10.0 Å². The van der Waals surface area contributed by atoms with E-state index in [0.29, 0.717) is 0 Å². The first-order valence-electron chi connectivity index (χ1n) is 5.67. The molecule has 0 radical (unpaired) electrons. The summed E-state index contributed by atoms with van der Waals surface area (Å²) in [5.41, 5.74) is 0. The van der Waals surface area contributed by atoms with Crippen molar-refractivity contribution in [3.8, 4) is 0 Å². The summed E-state index contributed by atoms with van der Waals surface area (Å²) in [4.78, 5) is 0. The molecule has 0 atom stereocenters. The molecule has 0 unspecified atom stereocenters. The van der Waals surface area contributed by atoms with Gasteiger partial charge in [-0.2, -0.15) is 0 Å². The summed E-state index contributed by atoms with van der Waals surface area (Å²) in [6.45, 7) is 16.9. The molecule has 0 rings (SSSR count). The number of hydrogen-bond acceptors (Lipinski definition) is 0. The normalized spacial score (nSPS) is 14.6. The van der Waals surface area contributed by atoms with Crippen LogP contribution in [0.4, 0.5) is 0 Å². The van der Waals surface area contributed by atoms with Crippen LogP contribution < -0.4 is 0 Å². The molecular weight excluding hydrogens is 176 g/mol. The van der Waals surface area contributed by atoms with Gasteiger partial charge in [-0.1, -0.05) is 48.5 Å². The quantitative estimate of drug-likeness (QED) is 0.621. The standard InChI is InChI=1S/C12H28S/c1-8-9-13(10(2)3,11(4)5)12(6)7/h10-12H,8-9H2,1-7H3. The second kappa shape index (κ2) is 5.29. The van der Waals surface area contributed by atoms with Gasteiger partial charge in [0.2, 0.25) is 0 Å². The van der Waals surface area contributed by atoms with Crippen molar-refractivity contribution >= 4 is 10.0 Å². The average Bonchev–Trinajstić information content (AvgIpc) is 1.97. The van der Waals surface area contributed by atoms with Crippen LogP contribution in [0.3, 0.4) is 0 Å². The van der Waals surface area contributed by atoms with E-state index in [-0.39, 0.29) is 0 Å². The predicted molar refractivity (Wildman–Crippen MR) is 68.2 cm³/mol. The van der Waals surface area contributed by atoms with E-state index in [0.717, 1.165) is 15.7 Å². The van der Waals surface area contributed by atoms with E-state index >= 15 is 0 Å². The van der Waals surface area contributed by atoms with E-state index in [9.17, 15) is 0 Å². The van der Waals surface area contributed by atoms with Crippen LogP contribution in [0.25, 0.3) is 0 Å². The molecule has 0 aliphatic heterocycles. The highest BCUT2D eigenvalue weighted by Gasteiger charge is 2.33. The van der Waals surface area contributed by atoms with Gasteiger partial charge >= 0.3 is 0 Å². The van der Waals surface area contributed by atoms with Gasteiger partial charge in [-0.15, -0.1) is 0 Å². The van der Waals surface area contributed by atoms with Crippen molar-refractivity contribution in [3.05, 3.63) is 0 Å². The van der Waals surface area contributed by atoms with Crippen LogP contribution in [0.5, 0.6) is 0 Å². The fraction of sp³-hybridized carbons (Fsp3) is 1.00. The maximum absolute atomic E-state index is 2.42. The third kappa shape index (κ3) is 2.65.